The third-order valence-corrected chi connectivity index (χ3v) is 11.3. The molecule has 0 aromatic heterocycles. The predicted octanol–water partition coefficient (Wildman–Crippen LogP) is 4.88. The molecule has 1 heterocycles. The van der Waals surface area contributed by atoms with Crippen LogP contribution in [-0.4, -0.2) is 38.8 Å². The van der Waals surface area contributed by atoms with Crippen molar-refractivity contribution in [3.63, 3.8) is 0 Å². The Morgan fingerprint density at radius 1 is 1.24 bits per heavy atom. The van der Waals surface area contributed by atoms with Crippen molar-refractivity contribution in [1.82, 2.24) is 0 Å². The number of rotatable bonds is 9. The van der Waals surface area contributed by atoms with Gasteiger partial charge in [0.25, 0.3) is 0 Å². The lowest BCUT2D eigenvalue weighted by Crippen LogP contribution is -2.48. The van der Waals surface area contributed by atoms with E-state index in [1.807, 2.05) is 6.92 Å². The molecule has 1 aliphatic rings. The van der Waals surface area contributed by atoms with E-state index in [1.165, 1.54) is 0 Å². The van der Waals surface area contributed by atoms with Gasteiger partial charge in [0.15, 0.2) is 14.6 Å². The minimum absolute atomic E-state index is 0.179. The Morgan fingerprint density at radius 3 is 2.24 bits per heavy atom. The molecule has 6 nitrogen and oxygen atoms in total. The van der Waals surface area contributed by atoms with E-state index in [0.29, 0.717) is 42.7 Å². The maximum Gasteiger partial charge on any atom is 0.247 e. The molecule has 0 N–H and O–H groups in total. The van der Waals surface area contributed by atoms with Crippen LogP contribution in [0.1, 0.15) is 61.3 Å². The minimum atomic E-state index is -1.99. The number of hydrogen-bond acceptors (Lipinski definition) is 5. The minimum Gasteiger partial charge on any atom is -0.415 e. The SMILES string of the molecule is CC1OCC[C@@H](/C=C(\CCO[Si](C(C)C)(C(C)C)C(C)C)[N+](=O)[O-])O1. The van der Waals surface area contributed by atoms with Crippen LogP contribution in [0.15, 0.2) is 11.8 Å². The molecule has 0 bridgehead atoms. The predicted molar refractivity (Wildman–Crippen MR) is 102 cm³/mol. The lowest BCUT2D eigenvalue weighted by atomic mass is 10.2. The zero-order valence-electron chi connectivity index (χ0n) is 16.8. The fraction of sp³-hybridized carbons (Fsp3) is 0.889. The van der Waals surface area contributed by atoms with Gasteiger partial charge in [-0.05, 0) is 23.5 Å². The number of hydrogen-bond donors (Lipinski definition) is 0. The largest absolute Gasteiger partial charge is 0.415 e. The monoisotopic (exact) mass is 373 g/mol. The second kappa shape index (κ2) is 9.80. The molecule has 1 rings (SSSR count). The Balaban J connectivity index is 2.78. The first kappa shape index (κ1) is 22.3. The molecular formula is C18H35NO5Si. The second-order valence-corrected chi connectivity index (χ2v) is 13.2. The van der Waals surface area contributed by atoms with Crippen molar-refractivity contribution in [3.8, 4) is 0 Å². The summed E-state index contributed by atoms with van der Waals surface area (Å²) in [6.45, 7) is 16.1. The summed E-state index contributed by atoms with van der Waals surface area (Å²) in [5.41, 5.74) is 1.58. The molecule has 25 heavy (non-hydrogen) atoms. The van der Waals surface area contributed by atoms with Gasteiger partial charge in [-0.1, -0.05) is 41.5 Å². The Labute approximate surface area is 153 Å². The summed E-state index contributed by atoms with van der Waals surface area (Å²) >= 11 is 0. The highest BCUT2D eigenvalue weighted by Gasteiger charge is 2.45. The first-order chi connectivity index (χ1) is 11.6. The molecule has 7 heteroatoms. The van der Waals surface area contributed by atoms with Crippen LogP contribution in [0.25, 0.3) is 0 Å². The topological polar surface area (TPSA) is 70.8 Å². The average Bonchev–Trinajstić information content (AvgIpc) is 2.49. The first-order valence-corrected chi connectivity index (χ1v) is 11.5. The van der Waals surface area contributed by atoms with Crippen molar-refractivity contribution in [2.24, 2.45) is 0 Å². The van der Waals surface area contributed by atoms with E-state index in [0.717, 1.165) is 0 Å². The quantitative estimate of drug-likeness (QED) is 0.327. The lowest BCUT2D eigenvalue weighted by molar-refractivity contribution is -0.429. The van der Waals surface area contributed by atoms with Gasteiger partial charge in [0.1, 0.15) is 0 Å². The molecule has 0 saturated carbocycles. The van der Waals surface area contributed by atoms with Crippen LogP contribution in [0.2, 0.25) is 16.6 Å². The summed E-state index contributed by atoms with van der Waals surface area (Å²) in [6, 6.07) is 0. The first-order valence-electron chi connectivity index (χ1n) is 9.37. The van der Waals surface area contributed by atoms with Crippen LogP contribution in [0.4, 0.5) is 0 Å². The maximum atomic E-state index is 11.4. The average molecular weight is 374 g/mol. The molecule has 1 aliphatic heterocycles. The number of nitrogens with zero attached hydrogens (tertiary/aromatic N) is 1. The molecule has 0 aromatic rings. The summed E-state index contributed by atoms with van der Waals surface area (Å²) in [7, 11) is -1.99. The van der Waals surface area contributed by atoms with Crippen LogP contribution in [0.3, 0.4) is 0 Å². The maximum absolute atomic E-state index is 11.4. The Morgan fingerprint density at radius 2 is 1.80 bits per heavy atom. The smallest absolute Gasteiger partial charge is 0.247 e. The molecule has 146 valence electrons. The summed E-state index contributed by atoms with van der Waals surface area (Å²) < 4.78 is 17.3. The van der Waals surface area contributed by atoms with Gasteiger partial charge < -0.3 is 13.9 Å². The van der Waals surface area contributed by atoms with E-state index in [-0.39, 0.29) is 23.0 Å². The molecule has 1 fully saturated rings. The van der Waals surface area contributed by atoms with Gasteiger partial charge in [-0.15, -0.1) is 0 Å². The Hall–Kier alpha value is -0.763. The lowest BCUT2D eigenvalue weighted by Gasteiger charge is -2.42. The zero-order valence-corrected chi connectivity index (χ0v) is 17.8. The molecule has 1 unspecified atom stereocenters. The second-order valence-electron chi connectivity index (χ2n) is 7.73. The van der Waals surface area contributed by atoms with Crippen molar-refractivity contribution in [2.45, 2.75) is 90.3 Å². The van der Waals surface area contributed by atoms with Crippen molar-refractivity contribution in [1.29, 1.82) is 0 Å². The standard InChI is InChI=1S/C18H35NO5Si/c1-13(2)25(14(3)4,15(5)6)23-11-8-17(19(20)21)12-18-9-10-22-16(7)24-18/h12-16,18H,8-11H2,1-7H3/b17-12+/t16?,18-/m0/s1. The summed E-state index contributed by atoms with van der Waals surface area (Å²) in [4.78, 5) is 11.1. The van der Waals surface area contributed by atoms with Crippen LogP contribution in [0, 0.1) is 10.1 Å². The molecule has 0 amide bonds. The Bertz CT molecular complexity index is 443. The molecular weight excluding hydrogens is 338 g/mol. The highest BCUT2D eigenvalue weighted by atomic mass is 28.4. The normalized spacial score (nSPS) is 22.9. The van der Waals surface area contributed by atoms with Crippen molar-refractivity contribution < 1.29 is 18.8 Å². The summed E-state index contributed by atoms with van der Waals surface area (Å²) in [6.07, 6.45) is 2.01. The van der Waals surface area contributed by atoms with E-state index >= 15 is 0 Å². The van der Waals surface area contributed by atoms with Crippen LogP contribution in [-0.2, 0) is 13.9 Å². The Kier molecular flexibility index (Phi) is 8.74. The fourth-order valence-corrected chi connectivity index (χ4v) is 9.56. The van der Waals surface area contributed by atoms with Crippen LogP contribution in [0.5, 0.6) is 0 Å². The van der Waals surface area contributed by atoms with Crippen molar-refractivity contribution in [2.75, 3.05) is 13.2 Å². The molecule has 0 aromatic carbocycles. The van der Waals surface area contributed by atoms with E-state index < -0.39 is 8.32 Å². The molecule has 2 atom stereocenters. The molecule has 0 spiro atoms. The van der Waals surface area contributed by atoms with Gasteiger partial charge >= 0.3 is 0 Å². The van der Waals surface area contributed by atoms with Crippen LogP contribution >= 0.6 is 0 Å². The molecule has 0 radical (unpaired) electrons. The zero-order chi connectivity index (χ0) is 19.2. The van der Waals surface area contributed by atoms with Gasteiger partial charge in [-0.2, -0.15) is 0 Å². The summed E-state index contributed by atoms with van der Waals surface area (Å²) in [5, 5.41) is 11.4. The van der Waals surface area contributed by atoms with Crippen molar-refractivity contribution >= 4 is 8.32 Å². The number of nitro groups is 1. The van der Waals surface area contributed by atoms with E-state index in [2.05, 4.69) is 41.5 Å². The summed E-state index contributed by atoms with van der Waals surface area (Å²) in [5.74, 6) is 0. The highest BCUT2D eigenvalue weighted by molar-refractivity contribution is 6.77. The third-order valence-electron chi connectivity index (χ3n) is 5.15. The van der Waals surface area contributed by atoms with Gasteiger partial charge in [-0.3, -0.25) is 10.1 Å². The van der Waals surface area contributed by atoms with E-state index in [9.17, 15) is 10.1 Å². The van der Waals surface area contributed by atoms with Gasteiger partial charge in [0.2, 0.25) is 5.70 Å². The van der Waals surface area contributed by atoms with Crippen LogP contribution < -0.4 is 0 Å². The third kappa shape index (κ3) is 5.87. The van der Waals surface area contributed by atoms with Gasteiger partial charge in [-0.25, -0.2) is 0 Å². The van der Waals surface area contributed by atoms with Gasteiger partial charge in [0, 0.05) is 19.1 Å². The van der Waals surface area contributed by atoms with E-state index in [1.54, 1.807) is 6.08 Å². The molecule has 0 aliphatic carbocycles. The fourth-order valence-electron chi connectivity index (χ4n) is 4.11. The highest BCUT2D eigenvalue weighted by Crippen LogP contribution is 2.42. The van der Waals surface area contributed by atoms with E-state index in [4.69, 9.17) is 13.9 Å². The number of ether oxygens (including phenoxy) is 2. The molecule has 1 saturated heterocycles. The van der Waals surface area contributed by atoms with Gasteiger partial charge in [0.05, 0.1) is 24.1 Å². The van der Waals surface area contributed by atoms with Crippen molar-refractivity contribution in [3.05, 3.63) is 21.9 Å².